The van der Waals surface area contributed by atoms with E-state index in [0.717, 1.165) is 22.1 Å². The molecule has 1 saturated heterocycles. The predicted octanol–water partition coefficient (Wildman–Crippen LogP) is 1.47. The molecule has 1 aromatic heterocycles. The van der Waals surface area contributed by atoms with E-state index in [-0.39, 0.29) is 0 Å². The van der Waals surface area contributed by atoms with E-state index < -0.39 is 0 Å². The van der Waals surface area contributed by atoms with E-state index in [2.05, 4.69) is 31.5 Å². The highest BCUT2D eigenvalue weighted by Crippen LogP contribution is 2.43. The Morgan fingerprint density at radius 2 is 2.14 bits per heavy atom. The highest BCUT2D eigenvalue weighted by molar-refractivity contribution is 9.10. The number of halogens is 1. The molecular formula is C10H12BrN3. The highest BCUT2D eigenvalue weighted by Gasteiger charge is 2.52. The van der Waals surface area contributed by atoms with E-state index in [4.69, 9.17) is 0 Å². The maximum atomic E-state index is 4.31. The summed E-state index contributed by atoms with van der Waals surface area (Å²) >= 11 is 3.38. The normalized spacial score (nSPS) is 33.9. The van der Waals surface area contributed by atoms with Crippen LogP contribution >= 0.6 is 15.9 Å². The molecular weight excluding hydrogens is 242 g/mol. The molecule has 0 bridgehead atoms. The topological polar surface area (TPSA) is 37.0 Å². The van der Waals surface area contributed by atoms with Gasteiger partial charge in [-0.3, -0.25) is 0 Å². The van der Waals surface area contributed by atoms with Crippen LogP contribution in [-0.4, -0.2) is 24.1 Å². The molecule has 2 N–H and O–H groups in total. The Kier molecular flexibility index (Phi) is 1.99. The first-order valence-corrected chi connectivity index (χ1v) is 5.73. The van der Waals surface area contributed by atoms with Gasteiger partial charge in [0, 0.05) is 29.8 Å². The van der Waals surface area contributed by atoms with Crippen molar-refractivity contribution in [3.63, 3.8) is 0 Å². The third-order valence-electron chi connectivity index (χ3n) is 3.13. The van der Waals surface area contributed by atoms with Crippen LogP contribution in [0.15, 0.2) is 22.8 Å². The number of aromatic nitrogens is 1. The maximum absolute atomic E-state index is 4.31. The number of hydrogen-bond acceptors (Lipinski definition) is 3. The lowest BCUT2D eigenvalue weighted by atomic mass is 10.4. The Balaban J connectivity index is 1.65. The van der Waals surface area contributed by atoms with Gasteiger partial charge in [-0.2, -0.15) is 0 Å². The van der Waals surface area contributed by atoms with Crippen molar-refractivity contribution in [2.45, 2.75) is 6.04 Å². The van der Waals surface area contributed by atoms with E-state index >= 15 is 0 Å². The zero-order chi connectivity index (χ0) is 9.54. The van der Waals surface area contributed by atoms with E-state index in [1.165, 1.54) is 13.1 Å². The molecule has 4 heteroatoms. The van der Waals surface area contributed by atoms with Crippen molar-refractivity contribution in [1.29, 1.82) is 0 Å². The molecule has 2 unspecified atom stereocenters. The lowest BCUT2D eigenvalue weighted by Crippen LogP contribution is -2.21. The van der Waals surface area contributed by atoms with Gasteiger partial charge in [0.05, 0.1) is 0 Å². The van der Waals surface area contributed by atoms with Crippen molar-refractivity contribution in [2.24, 2.45) is 11.8 Å². The Bertz CT molecular complexity index is 328. The number of nitrogens with one attached hydrogen (secondary N) is 2. The number of hydrogen-bond donors (Lipinski definition) is 2. The quantitative estimate of drug-likeness (QED) is 0.839. The summed E-state index contributed by atoms with van der Waals surface area (Å²) in [6.07, 6.45) is 1.83. The summed E-state index contributed by atoms with van der Waals surface area (Å²) in [7, 11) is 0. The van der Waals surface area contributed by atoms with Gasteiger partial charge in [-0.05, 0) is 39.9 Å². The minimum absolute atomic E-state index is 0.657. The lowest BCUT2D eigenvalue weighted by Gasteiger charge is -2.07. The molecule has 1 aliphatic carbocycles. The lowest BCUT2D eigenvalue weighted by molar-refractivity contribution is 0.695. The Labute approximate surface area is 91.4 Å². The van der Waals surface area contributed by atoms with Gasteiger partial charge < -0.3 is 10.6 Å². The number of piperidine rings is 1. The van der Waals surface area contributed by atoms with Crippen molar-refractivity contribution < 1.29 is 0 Å². The molecule has 1 aromatic rings. The molecule has 2 heterocycles. The summed E-state index contributed by atoms with van der Waals surface area (Å²) < 4.78 is 1.03. The second-order valence-electron chi connectivity index (χ2n) is 4.02. The van der Waals surface area contributed by atoms with Crippen LogP contribution in [0.25, 0.3) is 0 Å². The van der Waals surface area contributed by atoms with Gasteiger partial charge >= 0.3 is 0 Å². The number of fused-ring (bicyclic) bond motifs is 1. The summed E-state index contributed by atoms with van der Waals surface area (Å²) in [5, 5.41) is 6.85. The van der Waals surface area contributed by atoms with Crippen molar-refractivity contribution >= 4 is 21.7 Å². The molecule has 0 aromatic carbocycles. The van der Waals surface area contributed by atoms with Crippen molar-refractivity contribution in [3.05, 3.63) is 22.8 Å². The number of anilines is 1. The van der Waals surface area contributed by atoms with Crippen LogP contribution < -0.4 is 10.6 Å². The number of rotatable bonds is 2. The molecule has 2 aliphatic rings. The third kappa shape index (κ3) is 1.42. The zero-order valence-corrected chi connectivity index (χ0v) is 9.29. The molecule has 0 spiro atoms. The average molecular weight is 254 g/mol. The molecule has 3 rings (SSSR count). The first kappa shape index (κ1) is 8.68. The Morgan fingerprint density at radius 1 is 1.36 bits per heavy atom. The van der Waals surface area contributed by atoms with Gasteiger partial charge in [-0.25, -0.2) is 4.98 Å². The minimum atomic E-state index is 0.657. The molecule has 14 heavy (non-hydrogen) atoms. The van der Waals surface area contributed by atoms with Crippen LogP contribution in [0.2, 0.25) is 0 Å². The Hall–Kier alpha value is -0.610. The predicted molar refractivity (Wildman–Crippen MR) is 59.2 cm³/mol. The highest BCUT2D eigenvalue weighted by atomic mass is 79.9. The van der Waals surface area contributed by atoms with Crippen LogP contribution in [0, 0.1) is 11.8 Å². The molecule has 0 amide bonds. The zero-order valence-electron chi connectivity index (χ0n) is 7.70. The fraction of sp³-hybridized carbons (Fsp3) is 0.500. The van der Waals surface area contributed by atoms with Gasteiger partial charge in [0.15, 0.2) is 0 Å². The van der Waals surface area contributed by atoms with E-state index in [9.17, 15) is 0 Å². The van der Waals surface area contributed by atoms with Gasteiger partial charge in [0.1, 0.15) is 5.82 Å². The molecule has 3 nitrogen and oxygen atoms in total. The van der Waals surface area contributed by atoms with E-state index in [1.807, 2.05) is 18.3 Å². The van der Waals surface area contributed by atoms with E-state index in [0.29, 0.717) is 6.04 Å². The van der Waals surface area contributed by atoms with Gasteiger partial charge in [0.25, 0.3) is 0 Å². The summed E-state index contributed by atoms with van der Waals surface area (Å²) in [5.74, 6) is 2.66. The van der Waals surface area contributed by atoms with Crippen LogP contribution in [-0.2, 0) is 0 Å². The molecule has 1 aliphatic heterocycles. The summed E-state index contributed by atoms with van der Waals surface area (Å²) in [5.41, 5.74) is 0. The minimum Gasteiger partial charge on any atom is -0.367 e. The van der Waals surface area contributed by atoms with Crippen molar-refractivity contribution in [1.82, 2.24) is 10.3 Å². The van der Waals surface area contributed by atoms with Gasteiger partial charge in [-0.1, -0.05) is 0 Å². The van der Waals surface area contributed by atoms with E-state index in [1.54, 1.807) is 0 Å². The smallest absolute Gasteiger partial charge is 0.126 e. The standard InChI is InChI=1S/C10H12BrN3/c11-6-1-2-9(13-3-6)14-10-7-4-12-5-8(7)10/h1-3,7-8,10,12H,4-5H2,(H,13,14). The second-order valence-corrected chi connectivity index (χ2v) is 4.93. The van der Waals surface area contributed by atoms with Crippen LogP contribution in [0.3, 0.4) is 0 Å². The van der Waals surface area contributed by atoms with Gasteiger partial charge in [0.2, 0.25) is 0 Å². The summed E-state index contributed by atoms with van der Waals surface area (Å²) in [4.78, 5) is 4.31. The second kappa shape index (κ2) is 3.21. The molecule has 74 valence electrons. The Morgan fingerprint density at radius 3 is 2.79 bits per heavy atom. The fourth-order valence-corrected chi connectivity index (χ4v) is 2.50. The molecule has 0 radical (unpaired) electrons. The molecule has 1 saturated carbocycles. The van der Waals surface area contributed by atoms with Crippen LogP contribution in [0.1, 0.15) is 0 Å². The molecule has 2 fully saturated rings. The largest absolute Gasteiger partial charge is 0.367 e. The number of pyridine rings is 1. The third-order valence-corrected chi connectivity index (χ3v) is 3.60. The number of nitrogens with zero attached hydrogens (tertiary/aromatic N) is 1. The van der Waals surface area contributed by atoms with Crippen molar-refractivity contribution in [2.75, 3.05) is 18.4 Å². The fourth-order valence-electron chi connectivity index (χ4n) is 2.26. The molecule has 2 atom stereocenters. The van der Waals surface area contributed by atoms with Gasteiger partial charge in [-0.15, -0.1) is 0 Å². The average Bonchev–Trinajstić information content (AvgIpc) is 2.63. The van der Waals surface area contributed by atoms with Crippen molar-refractivity contribution in [3.8, 4) is 0 Å². The summed E-state index contributed by atoms with van der Waals surface area (Å²) in [6, 6.07) is 4.70. The SMILES string of the molecule is Brc1ccc(NC2C3CNCC32)nc1. The summed E-state index contributed by atoms with van der Waals surface area (Å²) in [6.45, 7) is 2.33. The first-order valence-electron chi connectivity index (χ1n) is 4.93. The first-order chi connectivity index (χ1) is 6.84. The monoisotopic (exact) mass is 253 g/mol. The van der Waals surface area contributed by atoms with Crippen LogP contribution in [0.5, 0.6) is 0 Å². The van der Waals surface area contributed by atoms with Crippen LogP contribution in [0.4, 0.5) is 5.82 Å². The maximum Gasteiger partial charge on any atom is 0.126 e.